The maximum absolute atomic E-state index is 4.27. The van der Waals surface area contributed by atoms with E-state index in [4.69, 9.17) is 0 Å². The van der Waals surface area contributed by atoms with Crippen LogP contribution in [-0.2, 0) is 6.42 Å². The lowest BCUT2D eigenvalue weighted by Crippen LogP contribution is -2.23. The lowest BCUT2D eigenvalue weighted by atomic mass is 9.74. The molecule has 1 aromatic rings. The number of hydrogen-bond donors (Lipinski definition) is 0. The average molecular weight is 351 g/mol. The Morgan fingerprint density at radius 3 is 2.31 bits per heavy atom. The van der Waals surface area contributed by atoms with E-state index in [2.05, 4.69) is 85.1 Å². The molecule has 1 unspecified atom stereocenters. The van der Waals surface area contributed by atoms with Crippen molar-refractivity contribution in [1.29, 1.82) is 0 Å². The first-order valence-electron chi connectivity index (χ1n) is 9.83. The van der Waals surface area contributed by atoms with Gasteiger partial charge in [0.2, 0.25) is 0 Å². The van der Waals surface area contributed by atoms with Crippen molar-refractivity contribution < 1.29 is 0 Å². The number of rotatable bonds is 8. The Kier molecular flexibility index (Phi) is 7.87. The zero-order valence-corrected chi connectivity index (χ0v) is 18.3. The van der Waals surface area contributed by atoms with Gasteiger partial charge in [-0.05, 0) is 73.3 Å². The van der Waals surface area contributed by atoms with E-state index >= 15 is 0 Å². The second-order valence-electron chi connectivity index (χ2n) is 8.44. The second-order valence-corrected chi connectivity index (χ2v) is 8.44. The third-order valence-corrected chi connectivity index (χ3v) is 5.94. The maximum atomic E-state index is 4.27. The molecule has 1 aromatic carbocycles. The van der Waals surface area contributed by atoms with Crippen molar-refractivity contribution in [2.75, 3.05) is 0 Å². The molecule has 0 radical (unpaired) electrons. The predicted molar refractivity (Wildman–Crippen MR) is 119 cm³/mol. The average Bonchev–Trinajstić information content (AvgIpc) is 2.54. The van der Waals surface area contributed by atoms with Gasteiger partial charge in [0.1, 0.15) is 0 Å². The van der Waals surface area contributed by atoms with Crippen LogP contribution in [0.5, 0.6) is 0 Å². The molecule has 0 aliphatic heterocycles. The van der Waals surface area contributed by atoms with Gasteiger partial charge >= 0.3 is 0 Å². The molecule has 0 heterocycles. The molecule has 0 bridgehead atoms. The van der Waals surface area contributed by atoms with Gasteiger partial charge in [-0.1, -0.05) is 88.8 Å². The molecule has 0 nitrogen and oxygen atoms in total. The van der Waals surface area contributed by atoms with Gasteiger partial charge < -0.3 is 0 Å². The van der Waals surface area contributed by atoms with E-state index in [1.54, 1.807) is 0 Å². The smallest absolute Gasteiger partial charge is 0.0195 e. The fourth-order valence-electron chi connectivity index (χ4n) is 3.35. The predicted octanol–water partition coefficient (Wildman–Crippen LogP) is 8.09. The number of hydrogen-bond acceptors (Lipinski definition) is 0. The van der Waals surface area contributed by atoms with E-state index in [-0.39, 0.29) is 0 Å². The van der Waals surface area contributed by atoms with Gasteiger partial charge in [-0.15, -0.1) is 0 Å². The van der Waals surface area contributed by atoms with Gasteiger partial charge in [-0.2, -0.15) is 0 Å². The van der Waals surface area contributed by atoms with Crippen LogP contribution in [0.4, 0.5) is 0 Å². The van der Waals surface area contributed by atoms with Crippen molar-refractivity contribution in [2.24, 2.45) is 11.3 Å². The quantitative estimate of drug-likeness (QED) is 0.415. The molecule has 0 aliphatic carbocycles. The molecule has 1 atom stereocenters. The van der Waals surface area contributed by atoms with Gasteiger partial charge in [0, 0.05) is 0 Å². The lowest BCUT2D eigenvalue weighted by molar-refractivity contribution is 0.220. The summed E-state index contributed by atoms with van der Waals surface area (Å²) < 4.78 is 0. The minimum Gasteiger partial charge on any atom is -0.0955 e. The Morgan fingerprint density at radius 2 is 1.81 bits per heavy atom. The molecule has 1 rings (SSSR count). The summed E-state index contributed by atoms with van der Waals surface area (Å²) in [5, 5.41) is 0. The van der Waals surface area contributed by atoms with Crippen molar-refractivity contribution in [3.05, 3.63) is 76.9 Å². The standard InChI is InChI=1S/C26H38/c1-11-24(18(3)4)20(6)16-21(7)25-14-13-19(5)15-23(25)17-22(8)26(9,10)12-2/h11,13-16,22H,3,6,12,17H2,1-2,4-5,7-10H3/b21-16+,24-11-. The van der Waals surface area contributed by atoms with Gasteiger partial charge in [-0.3, -0.25) is 0 Å². The minimum atomic E-state index is 0.348. The van der Waals surface area contributed by atoms with E-state index < -0.39 is 0 Å². The number of allylic oxidation sites excluding steroid dienone is 6. The fraction of sp³-hybridized carbons (Fsp3) is 0.462. The monoisotopic (exact) mass is 350 g/mol. The van der Waals surface area contributed by atoms with Crippen LogP contribution in [-0.4, -0.2) is 0 Å². The summed E-state index contributed by atoms with van der Waals surface area (Å²) in [4.78, 5) is 0. The van der Waals surface area contributed by atoms with E-state index in [9.17, 15) is 0 Å². The summed E-state index contributed by atoms with van der Waals surface area (Å²) in [5.74, 6) is 0.630. The molecule has 0 N–H and O–H groups in total. The van der Waals surface area contributed by atoms with Crippen LogP contribution in [0.2, 0.25) is 0 Å². The summed E-state index contributed by atoms with van der Waals surface area (Å²) in [6.45, 7) is 26.2. The normalized spacial score (nSPS) is 14.3. The first-order chi connectivity index (χ1) is 12.0. The molecular formula is C26H38. The topological polar surface area (TPSA) is 0 Å². The van der Waals surface area contributed by atoms with Crippen molar-refractivity contribution >= 4 is 5.57 Å². The van der Waals surface area contributed by atoms with E-state index in [1.165, 1.54) is 28.7 Å². The summed E-state index contributed by atoms with van der Waals surface area (Å²) in [6.07, 6.45) is 6.60. The largest absolute Gasteiger partial charge is 0.0955 e. The third-order valence-electron chi connectivity index (χ3n) is 5.94. The first kappa shape index (κ1) is 22.2. The number of aryl methyl sites for hydroxylation is 1. The molecule has 0 aromatic heterocycles. The van der Waals surface area contributed by atoms with Crippen LogP contribution >= 0.6 is 0 Å². The first-order valence-corrected chi connectivity index (χ1v) is 9.83. The molecule has 0 saturated heterocycles. The molecule has 0 aliphatic rings. The molecular weight excluding hydrogens is 312 g/mol. The lowest BCUT2D eigenvalue weighted by Gasteiger charge is -2.31. The Morgan fingerprint density at radius 1 is 1.19 bits per heavy atom. The van der Waals surface area contributed by atoms with Gasteiger partial charge in [-0.25, -0.2) is 0 Å². The highest BCUT2D eigenvalue weighted by molar-refractivity contribution is 5.71. The van der Waals surface area contributed by atoms with E-state index in [1.807, 2.05) is 13.8 Å². The molecule has 0 spiro atoms. The van der Waals surface area contributed by atoms with Gasteiger partial charge in [0.25, 0.3) is 0 Å². The van der Waals surface area contributed by atoms with Crippen LogP contribution < -0.4 is 0 Å². The molecule has 142 valence electrons. The molecule has 0 heteroatoms. The van der Waals surface area contributed by atoms with Crippen LogP contribution in [0.15, 0.2) is 60.2 Å². The summed E-state index contributed by atoms with van der Waals surface area (Å²) in [7, 11) is 0. The molecule has 0 saturated carbocycles. The van der Waals surface area contributed by atoms with E-state index in [0.29, 0.717) is 11.3 Å². The maximum Gasteiger partial charge on any atom is -0.0195 e. The van der Waals surface area contributed by atoms with Crippen LogP contribution in [0.1, 0.15) is 71.6 Å². The van der Waals surface area contributed by atoms with Crippen LogP contribution in [0, 0.1) is 18.3 Å². The second kappa shape index (κ2) is 9.21. The summed E-state index contributed by atoms with van der Waals surface area (Å²) >= 11 is 0. The van der Waals surface area contributed by atoms with Crippen molar-refractivity contribution in [3.8, 4) is 0 Å². The number of benzene rings is 1. The summed E-state index contributed by atoms with van der Waals surface area (Å²) in [5.41, 5.74) is 8.96. The highest BCUT2D eigenvalue weighted by atomic mass is 14.3. The Balaban J connectivity index is 3.26. The summed E-state index contributed by atoms with van der Waals surface area (Å²) in [6, 6.07) is 6.84. The molecule has 0 fully saturated rings. The highest BCUT2D eigenvalue weighted by Crippen LogP contribution is 2.35. The highest BCUT2D eigenvalue weighted by Gasteiger charge is 2.24. The zero-order chi connectivity index (χ0) is 20.1. The van der Waals surface area contributed by atoms with E-state index in [0.717, 1.165) is 23.1 Å². The Bertz CT molecular complexity index is 722. The fourth-order valence-corrected chi connectivity index (χ4v) is 3.35. The SMILES string of the molecule is C=C(C)/C(=C/C)C(=C)/C=C(\C)c1ccc(C)cc1CC(C)C(C)(C)CC. The zero-order valence-electron chi connectivity index (χ0n) is 18.3. The van der Waals surface area contributed by atoms with Gasteiger partial charge in [0.05, 0.1) is 0 Å². The Labute approximate surface area is 162 Å². The van der Waals surface area contributed by atoms with Gasteiger partial charge in [0.15, 0.2) is 0 Å². The van der Waals surface area contributed by atoms with Crippen molar-refractivity contribution in [1.82, 2.24) is 0 Å². The van der Waals surface area contributed by atoms with Crippen molar-refractivity contribution in [2.45, 2.75) is 68.2 Å². The Hall–Kier alpha value is -1.82. The molecule has 0 amide bonds. The van der Waals surface area contributed by atoms with Crippen LogP contribution in [0.25, 0.3) is 5.57 Å². The van der Waals surface area contributed by atoms with Crippen molar-refractivity contribution in [3.63, 3.8) is 0 Å². The minimum absolute atomic E-state index is 0.348. The third kappa shape index (κ3) is 5.59. The molecule has 26 heavy (non-hydrogen) atoms. The van der Waals surface area contributed by atoms with Crippen LogP contribution in [0.3, 0.4) is 0 Å².